The van der Waals surface area contributed by atoms with Crippen LogP contribution in [0.3, 0.4) is 0 Å². The van der Waals surface area contributed by atoms with Crippen LogP contribution < -0.4 is 0 Å². The van der Waals surface area contributed by atoms with Crippen molar-refractivity contribution in [1.82, 2.24) is 4.90 Å². The van der Waals surface area contributed by atoms with Crippen LogP contribution in [0.15, 0.2) is 17.0 Å². The molecule has 2 rings (SSSR count). The maximum atomic E-state index is 13.0. The lowest BCUT2D eigenvalue weighted by Gasteiger charge is -2.15. The second-order valence-electron chi connectivity index (χ2n) is 6.59. The van der Waals surface area contributed by atoms with Gasteiger partial charge in [0.1, 0.15) is 5.56 Å². The summed E-state index contributed by atoms with van der Waals surface area (Å²) in [7, 11) is 0. The number of rotatable bonds is 7. The van der Waals surface area contributed by atoms with Gasteiger partial charge in [-0.05, 0) is 54.3 Å². The molecule has 1 aliphatic rings. The van der Waals surface area contributed by atoms with E-state index in [-0.39, 0.29) is 17.0 Å². The molecule has 0 saturated carbocycles. The summed E-state index contributed by atoms with van der Waals surface area (Å²) in [5.41, 5.74) is -1.55. The minimum Gasteiger partial charge on any atom is -0.504 e. The molecule has 0 radical (unpaired) electrons. The summed E-state index contributed by atoms with van der Waals surface area (Å²) in [6, 6.07) is 1.53. The highest BCUT2D eigenvalue weighted by Gasteiger charge is 2.37. The molecule has 0 spiro atoms. The SMILES string of the molecule is CCC(CC)CCCN1C(=O)S/C(=C\c2cc(O)c(O)c(C(F)(F)F)c2)C1=O. The van der Waals surface area contributed by atoms with E-state index < -0.39 is 34.4 Å². The first-order chi connectivity index (χ1) is 13.1. The second-order valence-corrected chi connectivity index (χ2v) is 7.59. The number of nitrogens with zero attached hydrogens (tertiary/aromatic N) is 1. The van der Waals surface area contributed by atoms with Gasteiger partial charge in [0.15, 0.2) is 11.5 Å². The molecule has 1 fully saturated rings. The fourth-order valence-corrected chi connectivity index (χ4v) is 3.88. The van der Waals surface area contributed by atoms with Crippen molar-refractivity contribution in [3.63, 3.8) is 0 Å². The number of halogens is 3. The number of benzene rings is 1. The number of thioether (sulfide) groups is 1. The van der Waals surface area contributed by atoms with E-state index in [0.717, 1.165) is 36.3 Å². The molecule has 9 heteroatoms. The van der Waals surface area contributed by atoms with E-state index in [1.165, 1.54) is 0 Å². The Labute approximate surface area is 165 Å². The molecule has 5 nitrogen and oxygen atoms in total. The summed E-state index contributed by atoms with van der Waals surface area (Å²) >= 11 is 0.644. The van der Waals surface area contributed by atoms with Gasteiger partial charge >= 0.3 is 6.18 Å². The highest BCUT2D eigenvalue weighted by atomic mass is 32.2. The van der Waals surface area contributed by atoms with Crippen molar-refractivity contribution in [1.29, 1.82) is 0 Å². The Bertz CT molecular complexity index is 788. The van der Waals surface area contributed by atoms with Crippen molar-refractivity contribution in [2.24, 2.45) is 5.92 Å². The molecule has 1 aromatic carbocycles. The Balaban J connectivity index is 2.18. The zero-order chi connectivity index (χ0) is 21.1. The summed E-state index contributed by atoms with van der Waals surface area (Å²) in [5.74, 6) is -2.28. The average Bonchev–Trinajstić information content (AvgIpc) is 2.87. The van der Waals surface area contributed by atoms with Gasteiger partial charge in [0.25, 0.3) is 11.1 Å². The van der Waals surface area contributed by atoms with Gasteiger partial charge in [-0.1, -0.05) is 26.7 Å². The fraction of sp³-hybridized carbons (Fsp3) is 0.474. The molecule has 1 aliphatic heterocycles. The largest absolute Gasteiger partial charge is 0.504 e. The number of alkyl halides is 3. The Kier molecular flexibility index (Phi) is 7.03. The van der Waals surface area contributed by atoms with Crippen molar-refractivity contribution in [2.45, 2.75) is 45.7 Å². The first-order valence-electron chi connectivity index (χ1n) is 8.97. The summed E-state index contributed by atoms with van der Waals surface area (Å²) in [6.45, 7) is 4.42. The summed E-state index contributed by atoms with van der Waals surface area (Å²) in [6.07, 6.45) is -0.182. The molecule has 2 amide bonds. The number of imide groups is 1. The number of carbonyl (C=O) groups excluding carboxylic acids is 2. The number of carbonyl (C=O) groups is 2. The zero-order valence-electron chi connectivity index (χ0n) is 15.5. The third kappa shape index (κ3) is 5.01. The molecule has 1 heterocycles. The van der Waals surface area contributed by atoms with E-state index in [0.29, 0.717) is 30.2 Å². The van der Waals surface area contributed by atoms with Crippen molar-refractivity contribution in [3.05, 3.63) is 28.2 Å². The smallest absolute Gasteiger partial charge is 0.420 e. The van der Waals surface area contributed by atoms with Crippen LogP contribution in [0.4, 0.5) is 18.0 Å². The highest BCUT2D eigenvalue weighted by molar-refractivity contribution is 8.18. The number of hydrogen-bond acceptors (Lipinski definition) is 5. The molecule has 154 valence electrons. The first kappa shape index (κ1) is 22.1. The standard InChI is InChI=1S/C19H22F3NO4S/c1-3-11(4-2)6-5-7-23-17(26)15(28-18(23)27)10-12-8-13(19(20,21)22)16(25)14(24)9-12/h8-11,24-25H,3-7H2,1-2H3/b15-10-. The molecule has 1 aromatic rings. The predicted molar refractivity (Wildman–Crippen MR) is 101 cm³/mol. The number of hydrogen-bond donors (Lipinski definition) is 2. The lowest BCUT2D eigenvalue weighted by molar-refractivity contribution is -0.139. The second kappa shape index (κ2) is 8.89. The minimum atomic E-state index is -4.88. The molecule has 0 bridgehead atoms. The molecule has 0 unspecified atom stereocenters. The topological polar surface area (TPSA) is 77.8 Å². The fourth-order valence-electron chi connectivity index (χ4n) is 3.02. The van der Waals surface area contributed by atoms with E-state index in [1.54, 1.807) is 0 Å². The van der Waals surface area contributed by atoms with Crippen LogP contribution in [-0.2, 0) is 11.0 Å². The van der Waals surface area contributed by atoms with Crippen LogP contribution in [0.2, 0.25) is 0 Å². The van der Waals surface area contributed by atoms with Crippen LogP contribution in [0.1, 0.15) is 50.7 Å². The molecule has 2 N–H and O–H groups in total. The molecule has 0 aromatic heterocycles. The first-order valence-corrected chi connectivity index (χ1v) is 9.78. The van der Waals surface area contributed by atoms with Crippen molar-refractivity contribution in [2.75, 3.05) is 6.54 Å². The monoisotopic (exact) mass is 417 g/mol. The van der Waals surface area contributed by atoms with Gasteiger partial charge in [0, 0.05) is 6.54 Å². The van der Waals surface area contributed by atoms with Crippen molar-refractivity contribution < 1.29 is 33.0 Å². The third-order valence-electron chi connectivity index (χ3n) is 4.74. The Morgan fingerprint density at radius 2 is 1.82 bits per heavy atom. The molecular weight excluding hydrogens is 395 g/mol. The van der Waals surface area contributed by atoms with E-state index in [9.17, 15) is 33.0 Å². The van der Waals surface area contributed by atoms with Gasteiger partial charge in [-0.15, -0.1) is 0 Å². The average molecular weight is 417 g/mol. The summed E-state index contributed by atoms with van der Waals surface area (Å²) < 4.78 is 38.9. The number of phenolic OH excluding ortho intramolecular Hbond substituents is 2. The molecule has 1 saturated heterocycles. The van der Waals surface area contributed by atoms with Crippen LogP contribution in [0, 0.1) is 5.92 Å². The van der Waals surface area contributed by atoms with Gasteiger partial charge in [-0.25, -0.2) is 0 Å². The molecule has 0 atom stereocenters. The van der Waals surface area contributed by atoms with E-state index >= 15 is 0 Å². The lowest BCUT2D eigenvalue weighted by atomic mass is 9.97. The predicted octanol–water partition coefficient (Wildman–Crippen LogP) is 5.37. The van der Waals surface area contributed by atoms with Gasteiger partial charge in [0.2, 0.25) is 0 Å². The number of aromatic hydroxyl groups is 2. The van der Waals surface area contributed by atoms with Gasteiger partial charge < -0.3 is 10.2 Å². The third-order valence-corrected chi connectivity index (χ3v) is 5.65. The lowest BCUT2D eigenvalue weighted by Crippen LogP contribution is -2.29. The van der Waals surface area contributed by atoms with Gasteiger partial charge in [0.05, 0.1) is 4.91 Å². The van der Waals surface area contributed by atoms with Gasteiger partial charge in [-0.2, -0.15) is 13.2 Å². The van der Waals surface area contributed by atoms with Crippen molar-refractivity contribution in [3.8, 4) is 11.5 Å². The van der Waals surface area contributed by atoms with Crippen LogP contribution in [0.25, 0.3) is 6.08 Å². The van der Waals surface area contributed by atoms with Crippen LogP contribution in [0.5, 0.6) is 11.5 Å². The summed E-state index contributed by atoms with van der Waals surface area (Å²) in [5, 5.41) is 18.5. The number of amides is 2. The zero-order valence-corrected chi connectivity index (χ0v) is 16.4. The van der Waals surface area contributed by atoms with E-state index in [1.807, 2.05) is 0 Å². The maximum absolute atomic E-state index is 13.0. The van der Waals surface area contributed by atoms with Crippen LogP contribution >= 0.6 is 11.8 Å². The number of phenols is 2. The van der Waals surface area contributed by atoms with E-state index in [4.69, 9.17) is 0 Å². The minimum absolute atomic E-state index is 0.0225. The van der Waals surface area contributed by atoms with E-state index in [2.05, 4.69) is 13.8 Å². The molecule has 28 heavy (non-hydrogen) atoms. The highest BCUT2D eigenvalue weighted by Crippen LogP contribution is 2.42. The molecular formula is C19H22F3NO4S. The van der Waals surface area contributed by atoms with Crippen LogP contribution in [-0.4, -0.2) is 32.8 Å². The maximum Gasteiger partial charge on any atom is 0.420 e. The Hall–Kier alpha value is -2.16. The molecule has 0 aliphatic carbocycles. The Morgan fingerprint density at radius 1 is 1.18 bits per heavy atom. The van der Waals surface area contributed by atoms with Crippen molar-refractivity contribution >= 4 is 29.0 Å². The summed E-state index contributed by atoms with van der Waals surface area (Å²) in [4.78, 5) is 25.6. The normalized spacial score (nSPS) is 16.6. The quantitative estimate of drug-likeness (QED) is 0.461. The van der Waals surface area contributed by atoms with Gasteiger partial charge in [-0.3, -0.25) is 14.5 Å². The Morgan fingerprint density at radius 3 is 2.39 bits per heavy atom.